The summed E-state index contributed by atoms with van der Waals surface area (Å²) in [7, 11) is 0. The van der Waals surface area contributed by atoms with Crippen molar-refractivity contribution in [3.63, 3.8) is 0 Å². The first-order valence-electron chi connectivity index (χ1n) is 10.4. The van der Waals surface area contributed by atoms with E-state index in [-0.39, 0.29) is 17.4 Å². The molecule has 3 N–H and O–H groups in total. The first-order valence-corrected chi connectivity index (χ1v) is 10.4. The molecule has 4 nitrogen and oxygen atoms in total. The van der Waals surface area contributed by atoms with Gasteiger partial charge in [-0.2, -0.15) is 0 Å². The molecule has 25 heavy (non-hydrogen) atoms. The van der Waals surface area contributed by atoms with Crippen LogP contribution >= 0.6 is 0 Å². The molecule has 1 unspecified atom stereocenters. The van der Waals surface area contributed by atoms with Crippen LogP contribution in [0.1, 0.15) is 71.6 Å². The lowest BCUT2D eigenvalue weighted by atomic mass is 9.44. The Labute approximate surface area is 151 Å². The van der Waals surface area contributed by atoms with E-state index in [0.717, 1.165) is 44.4 Å². The van der Waals surface area contributed by atoms with Crippen molar-refractivity contribution >= 4 is 5.97 Å². The van der Waals surface area contributed by atoms with Gasteiger partial charge >= 0.3 is 5.97 Å². The predicted octanol–water partition coefficient (Wildman–Crippen LogP) is 3.45. The second-order valence-electron chi connectivity index (χ2n) is 10.1. The second kappa shape index (κ2) is 5.95. The van der Waals surface area contributed by atoms with E-state index >= 15 is 0 Å². The number of rotatable bonds is 2. The van der Waals surface area contributed by atoms with Gasteiger partial charge in [0.05, 0.1) is 6.10 Å². The van der Waals surface area contributed by atoms with Gasteiger partial charge in [-0.15, -0.1) is 0 Å². The summed E-state index contributed by atoms with van der Waals surface area (Å²) in [6.07, 6.45) is 8.36. The minimum absolute atomic E-state index is 0.0175. The van der Waals surface area contributed by atoms with Crippen LogP contribution < -0.4 is 0 Å². The summed E-state index contributed by atoms with van der Waals surface area (Å²) in [6, 6.07) is 0. The highest BCUT2D eigenvalue weighted by molar-refractivity contribution is 5.72. The number of fused-ring (bicyclic) bond motifs is 5. The normalized spacial score (nSPS) is 53.4. The van der Waals surface area contributed by atoms with E-state index in [1.165, 1.54) is 19.3 Å². The molecule has 9 atom stereocenters. The molecular weight excluding hydrogens is 316 g/mol. The van der Waals surface area contributed by atoms with Crippen molar-refractivity contribution in [2.45, 2.75) is 83.8 Å². The van der Waals surface area contributed by atoms with Crippen LogP contribution in [0, 0.1) is 40.4 Å². The fraction of sp³-hybridized carbons (Fsp3) is 0.952. The van der Waals surface area contributed by atoms with E-state index < -0.39 is 12.1 Å². The van der Waals surface area contributed by atoms with Gasteiger partial charge in [0, 0.05) is 5.92 Å². The molecule has 0 bridgehead atoms. The molecule has 0 heterocycles. The zero-order chi connectivity index (χ0) is 18.0. The van der Waals surface area contributed by atoms with Crippen molar-refractivity contribution in [3.8, 4) is 0 Å². The highest BCUT2D eigenvalue weighted by atomic mass is 16.4. The van der Waals surface area contributed by atoms with Gasteiger partial charge in [0.1, 0.15) is 0 Å². The average molecular weight is 350 g/mol. The molecule has 4 aliphatic carbocycles. The molecule has 0 amide bonds. The molecule has 0 saturated heterocycles. The summed E-state index contributed by atoms with van der Waals surface area (Å²) >= 11 is 0. The topological polar surface area (TPSA) is 77.8 Å². The van der Waals surface area contributed by atoms with Gasteiger partial charge in [0.15, 0.2) is 6.10 Å². The quantitative estimate of drug-likeness (QED) is 0.713. The Morgan fingerprint density at radius 2 is 1.64 bits per heavy atom. The zero-order valence-corrected chi connectivity index (χ0v) is 15.7. The predicted molar refractivity (Wildman–Crippen MR) is 94.9 cm³/mol. The summed E-state index contributed by atoms with van der Waals surface area (Å²) in [5.41, 5.74) is 0.337. The number of hydrogen-bond acceptors (Lipinski definition) is 3. The summed E-state index contributed by atoms with van der Waals surface area (Å²) < 4.78 is 0. The van der Waals surface area contributed by atoms with Crippen LogP contribution in [0.2, 0.25) is 0 Å². The number of aliphatic hydroxyl groups excluding tert-OH is 2. The molecule has 4 aliphatic rings. The van der Waals surface area contributed by atoms with E-state index in [0.29, 0.717) is 23.2 Å². The smallest absolute Gasteiger partial charge is 0.332 e. The molecule has 0 spiro atoms. The third-order valence-corrected chi connectivity index (χ3v) is 9.35. The van der Waals surface area contributed by atoms with Gasteiger partial charge in [-0.3, -0.25) is 0 Å². The van der Waals surface area contributed by atoms with E-state index in [1.807, 2.05) is 0 Å². The van der Waals surface area contributed by atoms with E-state index in [1.54, 1.807) is 0 Å². The number of hydrogen-bond donors (Lipinski definition) is 3. The molecule has 4 saturated carbocycles. The van der Waals surface area contributed by atoms with Crippen LogP contribution in [-0.4, -0.2) is 33.5 Å². The van der Waals surface area contributed by atoms with Crippen LogP contribution in [0.25, 0.3) is 0 Å². The van der Waals surface area contributed by atoms with Crippen LogP contribution in [0.3, 0.4) is 0 Å². The molecule has 4 fully saturated rings. The maximum absolute atomic E-state index is 11.4. The fourth-order valence-electron chi connectivity index (χ4n) is 7.97. The lowest BCUT2D eigenvalue weighted by Gasteiger charge is -2.61. The molecule has 4 rings (SSSR count). The van der Waals surface area contributed by atoms with Crippen molar-refractivity contribution < 1.29 is 20.1 Å². The Balaban J connectivity index is 1.59. The average Bonchev–Trinajstić information content (AvgIpc) is 2.92. The molecule has 0 aromatic carbocycles. The van der Waals surface area contributed by atoms with Crippen molar-refractivity contribution in [2.75, 3.05) is 0 Å². The van der Waals surface area contributed by atoms with E-state index in [9.17, 15) is 20.1 Å². The van der Waals surface area contributed by atoms with Gasteiger partial charge in [0.25, 0.3) is 0 Å². The first-order chi connectivity index (χ1) is 11.8. The van der Waals surface area contributed by atoms with Crippen molar-refractivity contribution in [1.82, 2.24) is 0 Å². The number of aliphatic hydroxyl groups is 2. The molecule has 142 valence electrons. The lowest BCUT2D eigenvalue weighted by molar-refractivity contribution is -0.158. The van der Waals surface area contributed by atoms with Gasteiger partial charge in [-0.05, 0) is 92.3 Å². The third kappa shape index (κ3) is 2.50. The minimum Gasteiger partial charge on any atom is -0.479 e. The standard InChI is InChI=1S/C21H34O4/c1-20-9-7-13(22)11-12(20)3-4-14-15-5-6-17(18(23)19(24)25)21(15,2)10-8-16(14)20/h12-18,22-23H,3-11H2,1-2H3,(H,24,25)/t12-,13-,14-,15-,16-,17+,18?,20-,21-/m0/s1. The summed E-state index contributed by atoms with van der Waals surface area (Å²) in [6.45, 7) is 4.73. The maximum Gasteiger partial charge on any atom is 0.332 e. The zero-order valence-electron chi connectivity index (χ0n) is 15.7. The molecule has 0 aromatic rings. The SMILES string of the molecule is C[C@]12CC[C@H](O)C[C@@H]1CC[C@@H]1[C@@H]2CC[C@]2(C)[C@@H](C(O)C(=O)O)CC[C@@H]12. The third-order valence-electron chi connectivity index (χ3n) is 9.35. The Kier molecular flexibility index (Phi) is 4.23. The van der Waals surface area contributed by atoms with Gasteiger partial charge in [-0.25, -0.2) is 4.79 Å². The highest BCUT2D eigenvalue weighted by Crippen LogP contribution is 2.67. The Bertz CT molecular complexity index is 548. The molecular formula is C21H34O4. The number of carboxylic acid groups (broad SMARTS) is 1. The lowest BCUT2D eigenvalue weighted by Crippen LogP contribution is -2.54. The Hall–Kier alpha value is -0.610. The van der Waals surface area contributed by atoms with Crippen LogP contribution in [0.15, 0.2) is 0 Å². The van der Waals surface area contributed by atoms with Crippen LogP contribution in [-0.2, 0) is 4.79 Å². The van der Waals surface area contributed by atoms with E-state index in [2.05, 4.69) is 13.8 Å². The highest BCUT2D eigenvalue weighted by Gasteiger charge is 2.61. The van der Waals surface area contributed by atoms with Gasteiger partial charge in [-0.1, -0.05) is 13.8 Å². The number of aliphatic carboxylic acids is 1. The molecule has 0 aromatic heterocycles. The van der Waals surface area contributed by atoms with Crippen molar-refractivity contribution in [1.29, 1.82) is 0 Å². The van der Waals surface area contributed by atoms with Gasteiger partial charge < -0.3 is 15.3 Å². The summed E-state index contributed by atoms with van der Waals surface area (Å²) in [4.78, 5) is 11.4. The second-order valence-corrected chi connectivity index (χ2v) is 10.1. The summed E-state index contributed by atoms with van der Waals surface area (Å²) in [5, 5.41) is 29.7. The first kappa shape index (κ1) is 17.8. The Morgan fingerprint density at radius 1 is 0.960 bits per heavy atom. The minimum atomic E-state index is -1.21. The van der Waals surface area contributed by atoms with Gasteiger partial charge in [0.2, 0.25) is 0 Å². The van der Waals surface area contributed by atoms with Crippen LogP contribution in [0.5, 0.6) is 0 Å². The van der Waals surface area contributed by atoms with Crippen molar-refractivity contribution in [3.05, 3.63) is 0 Å². The molecule has 4 heteroatoms. The van der Waals surface area contributed by atoms with Crippen LogP contribution in [0.4, 0.5) is 0 Å². The fourth-order valence-corrected chi connectivity index (χ4v) is 7.97. The summed E-state index contributed by atoms with van der Waals surface area (Å²) in [5.74, 6) is 1.48. The number of carbonyl (C=O) groups is 1. The monoisotopic (exact) mass is 350 g/mol. The molecule has 0 aliphatic heterocycles. The largest absolute Gasteiger partial charge is 0.479 e. The molecule has 0 radical (unpaired) electrons. The Morgan fingerprint density at radius 3 is 2.36 bits per heavy atom. The van der Waals surface area contributed by atoms with E-state index in [4.69, 9.17) is 0 Å². The van der Waals surface area contributed by atoms with Crippen molar-refractivity contribution in [2.24, 2.45) is 40.4 Å². The maximum atomic E-state index is 11.4. The number of carboxylic acids is 1.